The zero-order valence-electron chi connectivity index (χ0n) is 16.5. The van der Waals surface area contributed by atoms with Gasteiger partial charge in [0.2, 0.25) is 0 Å². The third-order valence-corrected chi connectivity index (χ3v) is 11.3. The first-order valence-electron chi connectivity index (χ1n) is 9.48. The molecule has 0 heterocycles. The van der Waals surface area contributed by atoms with Crippen LogP contribution in [-0.4, -0.2) is 24.0 Å². The van der Waals surface area contributed by atoms with Gasteiger partial charge in [-0.1, -0.05) is 71.6 Å². The van der Waals surface area contributed by atoms with E-state index in [0.717, 1.165) is 5.92 Å². The molecule has 22 heavy (non-hydrogen) atoms. The van der Waals surface area contributed by atoms with Crippen molar-refractivity contribution < 1.29 is 8.54 Å². The summed E-state index contributed by atoms with van der Waals surface area (Å²) in [6.07, 6.45) is 12.6. The van der Waals surface area contributed by atoms with E-state index in [1.807, 2.05) is 0 Å². The Bertz CT molecular complexity index is 268. The van der Waals surface area contributed by atoms with Crippen LogP contribution in [0.1, 0.15) is 71.6 Å². The van der Waals surface area contributed by atoms with Crippen LogP contribution in [0.4, 0.5) is 0 Å². The van der Waals surface area contributed by atoms with Crippen LogP contribution in [0.2, 0.25) is 32.2 Å². The van der Waals surface area contributed by atoms with E-state index in [2.05, 4.69) is 40.0 Å². The average molecular weight is 347 g/mol. The lowest BCUT2D eigenvalue weighted by Gasteiger charge is -2.32. The van der Waals surface area contributed by atoms with Crippen molar-refractivity contribution in [2.45, 2.75) is 104 Å². The standard InChI is InChI=1S/C18H42O2Si2/c1-8-9-10-11-12-13-15-18(2)16-14-17-21(4,5)20-22(6,7)19-3/h18H,8-17H2,1-7H3. The molecule has 0 saturated heterocycles. The van der Waals surface area contributed by atoms with Gasteiger partial charge in [0.05, 0.1) is 0 Å². The van der Waals surface area contributed by atoms with Gasteiger partial charge in [0, 0.05) is 7.11 Å². The molecule has 0 aliphatic carbocycles. The molecule has 0 aromatic carbocycles. The molecule has 0 aliphatic rings. The number of unbranched alkanes of at least 4 members (excludes halogenated alkanes) is 5. The van der Waals surface area contributed by atoms with Gasteiger partial charge in [0.1, 0.15) is 0 Å². The molecule has 0 bridgehead atoms. The van der Waals surface area contributed by atoms with E-state index in [1.165, 1.54) is 63.8 Å². The second-order valence-corrected chi connectivity index (χ2v) is 16.1. The number of rotatable bonds is 14. The van der Waals surface area contributed by atoms with Crippen molar-refractivity contribution in [3.05, 3.63) is 0 Å². The smallest absolute Gasteiger partial charge is 0.321 e. The Labute approximate surface area is 142 Å². The van der Waals surface area contributed by atoms with E-state index in [1.54, 1.807) is 7.11 Å². The van der Waals surface area contributed by atoms with Crippen molar-refractivity contribution in [1.82, 2.24) is 0 Å². The summed E-state index contributed by atoms with van der Waals surface area (Å²) >= 11 is 0. The summed E-state index contributed by atoms with van der Waals surface area (Å²) in [6.45, 7) is 13.7. The van der Waals surface area contributed by atoms with Crippen LogP contribution >= 0.6 is 0 Å². The first-order chi connectivity index (χ1) is 10.2. The van der Waals surface area contributed by atoms with Crippen molar-refractivity contribution >= 4 is 16.9 Å². The lowest BCUT2D eigenvalue weighted by molar-refractivity contribution is 0.309. The summed E-state index contributed by atoms with van der Waals surface area (Å²) in [5.74, 6) is 0.878. The van der Waals surface area contributed by atoms with Crippen molar-refractivity contribution in [1.29, 1.82) is 0 Å². The highest BCUT2D eigenvalue weighted by Crippen LogP contribution is 2.24. The Hall–Kier alpha value is 0.354. The fourth-order valence-electron chi connectivity index (χ4n) is 3.05. The van der Waals surface area contributed by atoms with Crippen LogP contribution < -0.4 is 0 Å². The first-order valence-corrected chi connectivity index (χ1v) is 15.4. The molecule has 0 aromatic rings. The van der Waals surface area contributed by atoms with Crippen LogP contribution in [-0.2, 0) is 8.54 Å². The largest absolute Gasteiger partial charge is 0.436 e. The van der Waals surface area contributed by atoms with Gasteiger partial charge in [-0.2, -0.15) is 0 Å². The van der Waals surface area contributed by atoms with E-state index in [9.17, 15) is 0 Å². The molecule has 0 amide bonds. The van der Waals surface area contributed by atoms with Crippen LogP contribution in [0.25, 0.3) is 0 Å². The maximum Gasteiger partial charge on any atom is 0.321 e. The molecule has 1 atom stereocenters. The van der Waals surface area contributed by atoms with Crippen molar-refractivity contribution in [3.63, 3.8) is 0 Å². The molecule has 0 fully saturated rings. The molecule has 0 spiro atoms. The highest BCUT2D eigenvalue weighted by molar-refractivity contribution is 6.82. The maximum atomic E-state index is 6.35. The highest BCUT2D eigenvalue weighted by atomic mass is 28.4. The van der Waals surface area contributed by atoms with Crippen LogP contribution in [0.3, 0.4) is 0 Å². The third-order valence-electron chi connectivity index (χ3n) is 4.54. The Balaban J connectivity index is 3.71. The van der Waals surface area contributed by atoms with Gasteiger partial charge in [-0.05, 0) is 38.2 Å². The summed E-state index contributed by atoms with van der Waals surface area (Å²) in [5.41, 5.74) is 0. The molecular formula is C18H42O2Si2. The van der Waals surface area contributed by atoms with Gasteiger partial charge in [0.25, 0.3) is 0 Å². The van der Waals surface area contributed by atoms with E-state index < -0.39 is 16.9 Å². The summed E-state index contributed by atoms with van der Waals surface area (Å²) in [6, 6.07) is 1.27. The van der Waals surface area contributed by atoms with Crippen molar-refractivity contribution in [3.8, 4) is 0 Å². The van der Waals surface area contributed by atoms with Gasteiger partial charge in [0.15, 0.2) is 8.32 Å². The minimum absolute atomic E-state index is 0.878. The monoisotopic (exact) mass is 346 g/mol. The Kier molecular flexibility index (Phi) is 12.0. The SMILES string of the molecule is CCCCCCCCC(C)CCC[Si](C)(C)O[Si](C)(C)OC. The molecule has 134 valence electrons. The van der Waals surface area contributed by atoms with Gasteiger partial charge in [-0.25, -0.2) is 0 Å². The summed E-state index contributed by atoms with van der Waals surface area (Å²) in [5, 5.41) is 0. The third kappa shape index (κ3) is 12.9. The van der Waals surface area contributed by atoms with Crippen LogP contribution in [0.15, 0.2) is 0 Å². The lowest BCUT2D eigenvalue weighted by atomic mass is 9.98. The average Bonchev–Trinajstić information content (AvgIpc) is 2.41. The molecule has 4 heteroatoms. The summed E-state index contributed by atoms with van der Waals surface area (Å²) in [7, 11) is -1.62. The predicted molar refractivity (Wildman–Crippen MR) is 104 cm³/mol. The molecule has 0 saturated carbocycles. The van der Waals surface area contributed by atoms with Gasteiger partial charge in [-0.15, -0.1) is 0 Å². The maximum absolute atomic E-state index is 6.35. The second kappa shape index (κ2) is 11.8. The Morgan fingerprint density at radius 3 is 1.95 bits per heavy atom. The molecule has 0 aliphatic heterocycles. The molecule has 0 N–H and O–H groups in total. The minimum Gasteiger partial charge on any atom is -0.436 e. The lowest BCUT2D eigenvalue weighted by Crippen LogP contribution is -2.45. The summed E-state index contributed by atoms with van der Waals surface area (Å²) in [4.78, 5) is 0. The van der Waals surface area contributed by atoms with E-state index in [4.69, 9.17) is 8.54 Å². The fraction of sp³-hybridized carbons (Fsp3) is 1.00. The summed E-state index contributed by atoms with van der Waals surface area (Å²) < 4.78 is 11.9. The zero-order chi connectivity index (χ0) is 17.1. The Morgan fingerprint density at radius 2 is 1.36 bits per heavy atom. The second-order valence-electron chi connectivity index (χ2n) is 8.02. The molecule has 0 aromatic heterocycles. The van der Waals surface area contributed by atoms with Gasteiger partial charge < -0.3 is 8.54 Å². The fourth-order valence-corrected chi connectivity index (χ4v) is 10.2. The molecule has 1 unspecified atom stereocenters. The van der Waals surface area contributed by atoms with E-state index in [-0.39, 0.29) is 0 Å². The van der Waals surface area contributed by atoms with Crippen molar-refractivity contribution in [2.24, 2.45) is 5.92 Å². The normalized spacial score (nSPS) is 14.3. The molecule has 0 rings (SSSR count). The first kappa shape index (κ1) is 22.4. The van der Waals surface area contributed by atoms with Gasteiger partial charge >= 0.3 is 8.56 Å². The van der Waals surface area contributed by atoms with Crippen molar-refractivity contribution in [2.75, 3.05) is 7.11 Å². The highest BCUT2D eigenvalue weighted by Gasteiger charge is 2.33. The Morgan fingerprint density at radius 1 is 0.818 bits per heavy atom. The number of hydrogen-bond donors (Lipinski definition) is 0. The topological polar surface area (TPSA) is 18.5 Å². The zero-order valence-corrected chi connectivity index (χ0v) is 18.5. The van der Waals surface area contributed by atoms with Crippen LogP contribution in [0, 0.1) is 5.92 Å². The predicted octanol–water partition coefficient (Wildman–Crippen LogP) is 6.72. The quantitative estimate of drug-likeness (QED) is 0.256. The van der Waals surface area contributed by atoms with Crippen LogP contribution in [0.5, 0.6) is 0 Å². The van der Waals surface area contributed by atoms with Gasteiger partial charge in [-0.3, -0.25) is 0 Å². The van der Waals surface area contributed by atoms with E-state index in [0.29, 0.717) is 0 Å². The van der Waals surface area contributed by atoms with E-state index >= 15 is 0 Å². The molecular weight excluding hydrogens is 304 g/mol. The molecule has 0 radical (unpaired) electrons. The minimum atomic E-state index is -1.87. The molecule has 2 nitrogen and oxygen atoms in total. The number of hydrogen-bond acceptors (Lipinski definition) is 2.